The maximum Gasteiger partial charge on any atom is 0.320 e. The van der Waals surface area contributed by atoms with E-state index >= 15 is 0 Å². The number of urea groups is 1. The zero-order chi connectivity index (χ0) is 44.5. The maximum atomic E-state index is 14.6. The standard InChI is InChI=1S/C46H60N8O6S2/c1-9-53-36-17-16-29-22-32(36)33(40(53)30-14-12-18-47-38(30)28(4)59-8)24-46(5,6)26-60-44(57)31-15-13-21-54(50-42(31)61)43(56)34(23-37-48-35(29)25-62-37)49-41(55)39(27(2)3)51(7)45(58)52-19-10-11-20-52/h12,14,16-18,22,25,27-28,31,34,39H,9-11,13,15,19-21,23-24,26H2,1-8H3,(H,49,55)(H,50,61)/t28-,31+,34-,39-/m0/s1. The molecule has 0 radical (unpaired) electrons. The number of thiocarbonyl (C=S) groups is 1. The summed E-state index contributed by atoms with van der Waals surface area (Å²) in [7, 11) is 3.33. The highest BCUT2D eigenvalue weighted by atomic mass is 32.1. The number of likely N-dealkylation sites (N-methyl/N-ethyl adjacent to an activating group) is 1. The number of hydrazine groups is 1. The number of ether oxygens (including phenoxy) is 2. The molecule has 0 saturated carbocycles. The number of cyclic esters (lactones) is 1. The van der Waals surface area contributed by atoms with Crippen molar-refractivity contribution in [2.24, 2.45) is 17.3 Å². The molecule has 3 aliphatic rings. The molecule has 332 valence electrons. The molecular weight excluding hydrogens is 825 g/mol. The molecular formula is C46H60N8O6S2. The number of amides is 4. The predicted octanol–water partition coefficient (Wildman–Crippen LogP) is 6.95. The van der Waals surface area contributed by atoms with Crippen LogP contribution in [-0.2, 0) is 43.2 Å². The smallest absolute Gasteiger partial charge is 0.320 e. The maximum absolute atomic E-state index is 14.6. The second kappa shape index (κ2) is 18.8. The Bertz CT molecular complexity index is 2330. The van der Waals surface area contributed by atoms with Crippen LogP contribution in [0.4, 0.5) is 4.79 Å². The van der Waals surface area contributed by atoms with E-state index in [1.54, 1.807) is 25.3 Å². The van der Waals surface area contributed by atoms with Gasteiger partial charge in [-0.2, -0.15) is 0 Å². The number of carbonyl (C=O) groups is 4. The first-order valence-corrected chi connectivity index (χ1v) is 23.1. The number of nitrogens with zero attached hydrogens (tertiary/aromatic N) is 6. The van der Waals surface area contributed by atoms with Gasteiger partial charge in [0.25, 0.3) is 5.91 Å². The number of thiazole rings is 1. The molecule has 4 atom stereocenters. The fourth-order valence-electron chi connectivity index (χ4n) is 9.12. The van der Waals surface area contributed by atoms with Gasteiger partial charge in [0.15, 0.2) is 0 Å². The number of nitrogens with one attached hydrogen (secondary N) is 2. The summed E-state index contributed by atoms with van der Waals surface area (Å²) in [6.45, 7) is 14.5. The number of rotatable bonds is 8. The highest BCUT2D eigenvalue weighted by Crippen LogP contribution is 2.42. The average Bonchev–Trinajstić information content (AvgIpc) is 3.99. The molecule has 4 aromatic rings. The van der Waals surface area contributed by atoms with Crippen LogP contribution < -0.4 is 10.7 Å². The van der Waals surface area contributed by atoms with Gasteiger partial charge in [-0.05, 0) is 81.7 Å². The molecule has 1 aromatic carbocycles. The molecule has 6 bridgehead atoms. The van der Waals surface area contributed by atoms with Gasteiger partial charge in [-0.3, -0.25) is 29.8 Å². The van der Waals surface area contributed by atoms with Gasteiger partial charge in [0.2, 0.25) is 5.91 Å². The average molecular weight is 885 g/mol. The number of benzene rings is 1. The lowest BCUT2D eigenvalue weighted by Gasteiger charge is -2.34. The Morgan fingerprint density at radius 3 is 2.60 bits per heavy atom. The number of aryl methyl sites for hydroxylation is 1. The van der Waals surface area contributed by atoms with E-state index in [-0.39, 0.29) is 42.6 Å². The Balaban J connectivity index is 1.32. The zero-order valence-electron chi connectivity index (χ0n) is 37.2. The summed E-state index contributed by atoms with van der Waals surface area (Å²) in [5.41, 5.74) is 9.19. The van der Waals surface area contributed by atoms with Gasteiger partial charge in [-0.1, -0.05) is 46.0 Å². The Labute approximate surface area is 373 Å². The third kappa shape index (κ3) is 9.23. The first-order valence-electron chi connectivity index (χ1n) is 21.8. The number of hydrogen-bond donors (Lipinski definition) is 2. The quantitative estimate of drug-likeness (QED) is 0.141. The molecule has 2 fully saturated rings. The Morgan fingerprint density at radius 2 is 1.89 bits per heavy atom. The highest BCUT2D eigenvalue weighted by Gasteiger charge is 2.39. The number of pyridine rings is 1. The fraction of sp³-hybridized carbons (Fsp3) is 0.543. The van der Waals surface area contributed by atoms with E-state index in [0.29, 0.717) is 43.9 Å². The van der Waals surface area contributed by atoms with Crippen molar-refractivity contribution in [3.8, 4) is 22.5 Å². The van der Waals surface area contributed by atoms with Crippen molar-refractivity contribution in [3.63, 3.8) is 0 Å². The molecule has 16 heteroatoms. The number of aromatic nitrogens is 3. The van der Waals surface area contributed by atoms with Gasteiger partial charge in [0.05, 0.1) is 34.8 Å². The van der Waals surface area contributed by atoms with E-state index in [1.165, 1.54) is 21.2 Å². The van der Waals surface area contributed by atoms with E-state index in [0.717, 1.165) is 57.5 Å². The van der Waals surface area contributed by atoms with E-state index in [1.807, 2.05) is 32.2 Å². The summed E-state index contributed by atoms with van der Waals surface area (Å²) < 4.78 is 14.2. The first-order chi connectivity index (χ1) is 29.6. The number of hydrogen-bond acceptors (Lipinski definition) is 10. The molecule has 3 aliphatic heterocycles. The van der Waals surface area contributed by atoms with Crippen LogP contribution in [0, 0.1) is 17.3 Å². The normalized spacial score (nSPS) is 20.6. The topological polar surface area (TPSA) is 151 Å². The molecule has 7 rings (SSSR count). The van der Waals surface area contributed by atoms with Crippen molar-refractivity contribution in [3.05, 3.63) is 58.2 Å². The molecule has 62 heavy (non-hydrogen) atoms. The van der Waals surface area contributed by atoms with Crippen molar-refractivity contribution < 1.29 is 28.7 Å². The number of esters is 1. The lowest BCUT2D eigenvalue weighted by atomic mass is 9.84. The molecule has 4 amide bonds. The monoisotopic (exact) mass is 884 g/mol. The highest BCUT2D eigenvalue weighted by molar-refractivity contribution is 7.80. The molecule has 0 aliphatic carbocycles. The number of methoxy groups -OCH3 is 1. The third-order valence-electron chi connectivity index (χ3n) is 12.4. The van der Waals surface area contributed by atoms with Crippen molar-refractivity contribution in [2.75, 3.05) is 40.4 Å². The number of carbonyl (C=O) groups excluding carboxylic acids is 4. The van der Waals surface area contributed by atoms with Crippen LogP contribution in [0.2, 0.25) is 0 Å². The van der Waals surface area contributed by atoms with Crippen LogP contribution in [0.1, 0.15) is 89.6 Å². The molecule has 0 spiro atoms. The van der Waals surface area contributed by atoms with E-state index in [9.17, 15) is 19.2 Å². The largest absolute Gasteiger partial charge is 0.465 e. The van der Waals surface area contributed by atoms with E-state index < -0.39 is 41.2 Å². The van der Waals surface area contributed by atoms with Crippen LogP contribution in [0.5, 0.6) is 0 Å². The number of fused-ring (bicyclic) bond motifs is 7. The predicted molar refractivity (Wildman–Crippen MR) is 244 cm³/mol. The molecule has 3 aromatic heterocycles. The van der Waals surface area contributed by atoms with Crippen LogP contribution in [-0.4, -0.2) is 111 Å². The second-order valence-corrected chi connectivity index (χ2v) is 19.3. The summed E-state index contributed by atoms with van der Waals surface area (Å²) in [6.07, 6.45) is 4.91. The van der Waals surface area contributed by atoms with Crippen molar-refractivity contribution in [1.29, 1.82) is 0 Å². The molecule has 14 nitrogen and oxygen atoms in total. The summed E-state index contributed by atoms with van der Waals surface area (Å²) in [5.74, 6) is -2.31. The Kier molecular flexibility index (Phi) is 13.7. The van der Waals surface area contributed by atoms with E-state index in [4.69, 9.17) is 31.7 Å². The van der Waals surface area contributed by atoms with Gasteiger partial charge >= 0.3 is 12.0 Å². The third-order valence-corrected chi connectivity index (χ3v) is 13.6. The van der Waals surface area contributed by atoms with Crippen molar-refractivity contribution in [2.45, 2.75) is 105 Å². The van der Waals surface area contributed by atoms with Crippen molar-refractivity contribution >= 4 is 63.3 Å². The SMILES string of the molecule is CCn1c(-c2cccnc2[C@H](C)OC)c2c3cc(ccc31)-c1csc(n1)C[C@H](NC(=O)[C@H](C(C)C)N(C)C(=O)N1CCCC1)C(=O)N1CCC[C@@H](C(=O)OCC(C)(C)C2)C(=S)N1. The minimum Gasteiger partial charge on any atom is -0.465 e. The summed E-state index contributed by atoms with van der Waals surface area (Å²) in [6, 6.07) is 8.32. The zero-order valence-corrected chi connectivity index (χ0v) is 38.8. The Morgan fingerprint density at radius 1 is 1.13 bits per heavy atom. The molecule has 2 saturated heterocycles. The van der Waals surface area contributed by atoms with Crippen LogP contribution in [0.3, 0.4) is 0 Å². The minimum atomic E-state index is -1.06. The lowest BCUT2D eigenvalue weighted by molar-refractivity contribution is -0.149. The van der Waals surface area contributed by atoms with Crippen molar-refractivity contribution in [1.82, 2.24) is 40.1 Å². The fourth-order valence-corrected chi connectivity index (χ4v) is 10.3. The van der Waals surface area contributed by atoms with Gasteiger partial charge in [0.1, 0.15) is 23.0 Å². The lowest BCUT2D eigenvalue weighted by Crippen LogP contribution is -2.60. The molecule has 0 unspecified atom stereocenters. The summed E-state index contributed by atoms with van der Waals surface area (Å²) in [5, 5.41) is 8.13. The van der Waals surface area contributed by atoms with Gasteiger partial charge in [0, 0.05) is 85.8 Å². The minimum absolute atomic E-state index is 0.0970. The van der Waals surface area contributed by atoms with Crippen LogP contribution >= 0.6 is 23.6 Å². The van der Waals surface area contributed by atoms with Gasteiger partial charge in [-0.15, -0.1) is 11.3 Å². The molecule has 6 heterocycles. The molecule has 2 N–H and O–H groups in total. The summed E-state index contributed by atoms with van der Waals surface area (Å²) in [4.78, 5) is 69.7. The van der Waals surface area contributed by atoms with Crippen LogP contribution in [0.25, 0.3) is 33.4 Å². The summed E-state index contributed by atoms with van der Waals surface area (Å²) >= 11 is 7.22. The van der Waals surface area contributed by atoms with E-state index in [2.05, 4.69) is 60.3 Å². The first kappa shape index (κ1) is 45.1. The van der Waals surface area contributed by atoms with Gasteiger partial charge in [-0.25, -0.2) is 9.78 Å². The number of likely N-dealkylation sites (tertiary alicyclic amines) is 1. The van der Waals surface area contributed by atoms with Gasteiger partial charge < -0.3 is 29.2 Å². The Hall–Kier alpha value is -4.93. The van der Waals surface area contributed by atoms with Crippen LogP contribution in [0.15, 0.2) is 41.9 Å². The second-order valence-electron chi connectivity index (χ2n) is 17.9.